The van der Waals surface area contributed by atoms with Crippen LogP contribution in [0, 0.1) is 0 Å². The molecule has 2 aromatic rings. The summed E-state index contributed by atoms with van der Waals surface area (Å²) in [5, 5.41) is 0.823. The van der Waals surface area contributed by atoms with Crippen molar-refractivity contribution in [3.8, 4) is 0 Å². The molecule has 0 aromatic heterocycles. The minimum absolute atomic E-state index is 0.162. The summed E-state index contributed by atoms with van der Waals surface area (Å²) in [6, 6.07) is 15.1. The van der Waals surface area contributed by atoms with Crippen LogP contribution in [0.4, 0.5) is 0 Å². The molecule has 160 valence electrons. The largest absolute Gasteiger partial charge is 0.801 e. The van der Waals surface area contributed by atoms with Crippen molar-refractivity contribution >= 4 is 22.1 Å². The van der Waals surface area contributed by atoms with Crippen LogP contribution in [-0.4, -0.2) is 29.1 Å². The smallest absolute Gasteiger partial charge is 0.0438 e. The molecular weight excluding hydrogens is 400 g/mol. The molecule has 3 atom stereocenters. The van der Waals surface area contributed by atoms with Crippen LogP contribution < -0.4 is 10.5 Å². The van der Waals surface area contributed by atoms with Crippen molar-refractivity contribution in [1.82, 2.24) is 4.72 Å². The lowest BCUT2D eigenvalue weighted by Gasteiger charge is -2.44. The monoisotopic (exact) mass is 433 g/mol. The van der Waals surface area contributed by atoms with Crippen molar-refractivity contribution in [2.75, 3.05) is 18.6 Å². The number of hydrogen-bond acceptors (Lipinski definition) is 3. The van der Waals surface area contributed by atoms with E-state index in [1.807, 2.05) is 24.5 Å². The van der Waals surface area contributed by atoms with Crippen LogP contribution in [0.3, 0.4) is 0 Å². The highest BCUT2D eigenvalue weighted by Crippen LogP contribution is 2.36. The van der Waals surface area contributed by atoms with Gasteiger partial charge < -0.3 is 10.3 Å². The number of nitrogens with one attached hydrogen (secondary N) is 1. The van der Waals surface area contributed by atoms with Crippen LogP contribution >= 0.6 is 22.1 Å². The van der Waals surface area contributed by atoms with E-state index in [0.29, 0.717) is 5.92 Å². The van der Waals surface area contributed by atoms with Gasteiger partial charge in [0.05, 0.1) is 0 Å². The average Bonchev–Trinajstić information content (AvgIpc) is 2.69. The Kier molecular flexibility index (Phi) is 8.06. The van der Waals surface area contributed by atoms with Gasteiger partial charge in [0.1, 0.15) is 0 Å². The summed E-state index contributed by atoms with van der Waals surface area (Å²) in [5.41, 5.74) is 11.9. The van der Waals surface area contributed by atoms with E-state index in [1.54, 1.807) is 0 Å². The number of benzene rings is 2. The molecule has 0 fully saturated rings. The van der Waals surface area contributed by atoms with Crippen molar-refractivity contribution in [2.45, 2.75) is 57.4 Å². The van der Waals surface area contributed by atoms with E-state index in [1.165, 1.54) is 22.3 Å². The van der Waals surface area contributed by atoms with E-state index < -0.39 is 10.5 Å². The van der Waals surface area contributed by atoms with Crippen LogP contribution in [0.2, 0.25) is 5.02 Å². The van der Waals surface area contributed by atoms with Crippen LogP contribution in [0.5, 0.6) is 0 Å². The third-order valence-electron chi connectivity index (χ3n) is 5.91. The normalized spacial score (nSPS) is 22.0. The molecule has 29 heavy (non-hydrogen) atoms. The fourth-order valence-electron chi connectivity index (χ4n) is 4.33. The molecule has 0 aliphatic heterocycles. The van der Waals surface area contributed by atoms with Gasteiger partial charge >= 0.3 is 0 Å². The molecule has 0 saturated carbocycles. The fourth-order valence-corrected chi connectivity index (χ4v) is 6.04. The van der Waals surface area contributed by atoms with Crippen LogP contribution in [0.1, 0.15) is 54.4 Å². The number of aryl methyl sites for hydroxylation is 2. The molecular formula is C24H34ClN2OS-. The summed E-state index contributed by atoms with van der Waals surface area (Å²) < 4.78 is 15.6. The van der Waals surface area contributed by atoms with Gasteiger partial charge in [0.2, 0.25) is 0 Å². The summed E-state index contributed by atoms with van der Waals surface area (Å²) in [7, 11) is -1.88. The van der Waals surface area contributed by atoms with Crippen LogP contribution in [0.15, 0.2) is 42.5 Å². The summed E-state index contributed by atoms with van der Waals surface area (Å²) in [6.45, 7) is 2.86. The van der Waals surface area contributed by atoms with Gasteiger partial charge in [-0.1, -0.05) is 54.9 Å². The molecule has 1 aliphatic rings. The SMILES string of the molecule is CCCS(C)([O-])NCCCc1ccc2c(c1)C(Cc1ccccc1Cl)C(N)CC2. The second-order valence-electron chi connectivity index (χ2n) is 8.34. The number of nitrogens with two attached hydrogens (primary N) is 1. The average molecular weight is 434 g/mol. The zero-order valence-corrected chi connectivity index (χ0v) is 19.2. The summed E-state index contributed by atoms with van der Waals surface area (Å²) in [5.74, 6) is 1.05. The first-order chi connectivity index (χ1) is 13.9. The van der Waals surface area contributed by atoms with Crippen molar-refractivity contribution in [3.63, 3.8) is 0 Å². The van der Waals surface area contributed by atoms with E-state index in [0.717, 1.165) is 55.8 Å². The van der Waals surface area contributed by atoms with Crippen molar-refractivity contribution in [1.29, 1.82) is 0 Å². The second kappa shape index (κ2) is 10.3. The molecule has 3 nitrogen and oxygen atoms in total. The Morgan fingerprint density at radius 2 is 2.03 bits per heavy atom. The Bertz CT molecular complexity index is 811. The lowest BCUT2D eigenvalue weighted by atomic mass is 9.76. The maximum absolute atomic E-state index is 12.3. The van der Waals surface area contributed by atoms with Crippen molar-refractivity contribution in [3.05, 3.63) is 69.7 Å². The third kappa shape index (κ3) is 6.22. The molecule has 3 rings (SSSR count). The molecule has 0 spiro atoms. The minimum Gasteiger partial charge on any atom is -0.801 e. The summed E-state index contributed by atoms with van der Waals surface area (Å²) in [6.07, 6.45) is 7.69. The van der Waals surface area contributed by atoms with Crippen molar-refractivity contribution in [2.24, 2.45) is 5.73 Å². The third-order valence-corrected chi connectivity index (χ3v) is 8.29. The van der Waals surface area contributed by atoms with E-state index >= 15 is 0 Å². The minimum atomic E-state index is -1.88. The van der Waals surface area contributed by atoms with Gasteiger partial charge in [-0.05, 0) is 78.9 Å². The Morgan fingerprint density at radius 3 is 2.79 bits per heavy atom. The van der Waals surface area contributed by atoms with Gasteiger partial charge in [0, 0.05) is 23.5 Å². The number of hydrogen-bond donors (Lipinski definition) is 2. The van der Waals surface area contributed by atoms with E-state index in [2.05, 4.69) is 35.9 Å². The maximum Gasteiger partial charge on any atom is 0.0438 e. The zero-order valence-electron chi connectivity index (χ0n) is 17.6. The van der Waals surface area contributed by atoms with Gasteiger partial charge in [-0.25, -0.2) is 0 Å². The molecule has 0 heterocycles. The molecule has 5 heteroatoms. The summed E-state index contributed by atoms with van der Waals surface area (Å²) in [4.78, 5) is 0. The molecule has 0 radical (unpaired) electrons. The lowest BCUT2D eigenvalue weighted by Crippen LogP contribution is -2.34. The highest BCUT2D eigenvalue weighted by molar-refractivity contribution is 8.26. The molecule has 0 saturated heterocycles. The second-order valence-corrected chi connectivity index (χ2v) is 11.5. The highest BCUT2D eigenvalue weighted by Gasteiger charge is 2.27. The van der Waals surface area contributed by atoms with Gasteiger partial charge in [-0.15, -0.1) is 0 Å². The molecule has 1 aliphatic carbocycles. The van der Waals surface area contributed by atoms with Crippen LogP contribution in [-0.2, 0) is 19.3 Å². The summed E-state index contributed by atoms with van der Waals surface area (Å²) >= 11 is 6.42. The Morgan fingerprint density at radius 1 is 1.24 bits per heavy atom. The molecule has 0 amide bonds. The first-order valence-corrected chi connectivity index (χ1v) is 13.2. The topological polar surface area (TPSA) is 61.1 Å². The Hall–Kier alpha value is -1.04. The molecule has 3 N–H and O–H groups in total. The first-order valence-electron chi connectivity index (χ1n) is 10.7. The zero-order chi connectivity index (χ0) is 20.9. The highest BCUT2D eigenvalue weighted by atomic mass is 35.5. The maximum atomic E-state index is 12.3. The fraction of sp³-hybridized carbons (Fsp3) is 0.500. The number of halogens is 1. The Balaban J connectivity index is 1.68. The van der Waals surface area contributed by atoms with E-state index in [9.17, 15) is 4.55 Å². The Labute approximate surface area is 182 Å². The molecule has 0 bridgehead atoms. The lowest BCUT2D eigenvalue weighted by molar-refractivity contribution is 0.467. The van der Waals surface area contributed by atoms with Gasteiger partial charge in [0.25, 0.3) is 0 Å². The van der Waals surface area contributed by atoms with Crippen LogP contribution in [0.25, 0.3) is 0 Å². The number of fused-ring (bicyclic) bond motifs is 1. The quantitative estimate of drug-likeness (QED) is 0.524. The van der Waals surface area contributed by atoms with E-state index in [-0.39, 0.29) is 6.04 Å². The predicted molar refractivity (Wildman–Crippen MR) is 126 cm³/mol. The number of rotatable bonds is 9. The van der Waals surface area contributed by atoms with Gasteiger partial charge in [-0.2, -0.15) is 0 Å². The first kappa shape index (κ1) is 22.6. The van der Waals surface area contributed by atoms with Crippen molar-refractivity contribution < 1.29 is 4.55 Å². The van der Waals surface area contributed by atoms with Gasteiger partial charge in [-0.3, -0.25) is 15.2 Å². The predicted octanol–water partition coefficient (Wildman–Crippen LogP) is 5.35. The molecule has 2 aromatic carbocycles. The standard InChI is InChI=1S/C24H35ClN2OS/c1-3-15-29(2,28)27-14-6-7-18-10-11-19-12-13-24(26)22(21(19)16-18)17-20-8-4-5-9-23(20)25/h4-5,8-11,16,22,24,27-28H,3,6-7,12-15,17,26H2,1-2H3/p-1. The van der Waals surface area contributed by atoms with Gasteiger partial charge in [0.15, 0.2) is 0 Å². The van der Waals surface area contributed by atoms with E-state index in [4.69, 9.17) is 17.3 Å². The molecule has 3 unspecified atom stereocenters.